The van der Waals surface area contributed by atoms with Crippen LogP contribution in [0, 0.1) is 0 Å². The Bertz CT molecular complexity index is 553. The fourth-order valence-electron chi connectivity index (χ4n) is 2.65. The third kappa shape index (κ3) is 2.87. The standard InChI is InChI=1S/C14H17ClN2S2/c15-12-7-10(8-18-12)11-9-19-13(17-11)14(16)5-3-1-2-4-6-14/h7-9H,1-6,16H2. The Morgan fingerprint density at radius 1 is 1.11 bits per heavy atom. The number of rotatable bonds is 2. The van der Waals surface area contributed by atoms with Crippen LogP contribution in [0.25, 0.3) is 11.3 Å². The number of nitrogens with two attached hydrogens (primary N) is 1. The van der Waals surface area contributed by atoms with E-state index in [1.54, 1.807) is 22.7 Å². The van der Waals surface area contributed by atoms with E-state index in [0.29, 0.717) is 0 Å². The van der Waals surface area contributed by atoms with Crippen molar-refractivity contribution in [2.24, 2.45) is 5.73 Å². The maximum atomic E-state index is 6.60. The summed E-state index contributed by atoms with van der Waals surface area (Å²) in [6.07, 6.45) is 7.16. The highest BCUT2D eigenvalue weighted by molar-refractivity contribution is 7.14. The third-order valence-electron chi connectivity index (χ3n) is 3.79. The molecule has 0 amide bonds. The van der Waals surface area contributed by atoms with Gasteiger partial charge in [0.25, 0.3) is 0 Å². The van der Waals surface area contributed by atoms with Gasteiger partial charge in [-0.05, 0) is 18.9 Å². The molecule has 19 heavy (non-hydrogen) atoms. The first-order valence-corrected chi connectivity index (χ1v) is 8.80. The van der Waals surface area contributed by atoms with E-state index < -0.39 is 0 Å². The van der Waals surface area contributed by atoms with E-state index in [-0.39, 0.29) is 5.54 Å². The molecule has 0 aromatic carbocycles. The van der Waals surface area contributed by atoms with E-state index in [1.807, 2.05) is 6.07 Å². The molecular formula is C14H17ClN2S2. The molecule has 2 heterocycles. The van der Waals surface area contributed by atoms with Crippen LogP contribution in [0.3, 0.4) is 0 Å². The molecule has 3 rings (SSSR count). The molecule has 1 fully saturated rings. The van der Waals surface area contributed by atoms with Gasteiger partial charge in [-0.25, -0.2) is 4.98 Å². The number of thiophene rings is 1. The molecule has 2 N–H and O–H groups in total. The van der Waals surface area contributed by atoms with Gasteiger partial charge < -0.3 is 5.73 Å². The molecule has 1 saturated carbocycles. The number of hydrogen-bond donors (Lipinski definition) is 1. The minimum Gasteiger partial charge on any atom is -0.319 e. The van der Waals surface area contributed by atoms with Gasteiger partial charge in [0, 0.05) is 16.3 Å². The normalized spacial score (nSPS) is 19.3. The molecule has 2 nitrogen and oxygen atoms in total. The molecule has 0 spiro atoms. The van der Waals surface area contributed by atoms with Crippen molar-refractivity contribution < 1.29 is 0 Å². The Hall–Kier alpha value is -0.420. The molecule has 0 radical (unpaired) electrons. The van der Waals surface area contributed by atoms with Gasteiger partial charge in [0.05, 0.1) is 15.6 Å². The molecule has 2 aromatic rings. The van der Waals surface area contributed by atoms with Crippen molar-refractivity contribution in [2.75, 3.05) is 0 Å². The SMILES string of the molecule is NC1(c2nc(-c3csc(Cl)c3)cs2)CCCCCC1. The molecule has 5 heteroatoms. The zero-order valence-electron chi connectivity index (χ0n) is 10.7. The quantitative estimate of drug-likeness (QED) is 0.790. The van der Waals surface area contributed by atoms with Crippen molar-refractivity contribution in [1.29, 1.82) is 0 Å². The summed E-state index contributed by atoms with van der Waals surface area (Å²) in [6.45, 7) is 0. The van der Waals surface area contributed by atoms with Crippen molar-refractivity contribution in [3.8, 4) is 11.3 Å². The average molecular weight is 313 g/mol. The Morgan fingerprint density at radius 3 is 2.47 bits per heavy atom. The van der Waals surface area contributed by atoms with E-state index >= 15 is 0 Å². The van der Waals surface area contributed by atoms with E-state index in [4.69, 9.17) is 22.3 Å². The van der Waals surface area contributed by atoms with Crippen LogP contribution < -0.4 is 5.73 Å². The van der Waals surface area contributed by atoms with E-state index in [1.165, 1.54) is 25.7 Å². The van der Waals surface area contributed by atoms with Gasteiger partial charge >= 0.3 is 0 Å². The Kier molecular flexibility index (Phi) is 3.94. The summed E-state index contributed by atoms with van der Waals surface area (Å²) in [5.74, 6) is 0. The van der Waals surface area contributed by atoms with Crippen LogP contribution in [-0.4, -0.2) is 4.98 Å². The van der Waals surface area contributed by atoms with Crippen molar-refractivity contribution >= 4 is 34.3 Å². The molecule has 2 aromatic heterocycles. The van der Waals surface area contributed by atoms with Crippen LogP contribution in [0.4, 0.5) is 0 Å². The Balaban J connectivity index is 1.87. The molecule has 0 atom stereocenters. The second-order valence-corrected chi connectivity index (χ2v) is 7.65. The van der Waals surface area contributed by atoms with Crippen LogP contribution >= 0.6 is 34.3 Å². The lowest BCUT2D eigenvalue weighted by molar-refractivity contribution is 0.384. The topological polar surface area (TPSA) is 38.9 Å². The first kappa shape index (κ1) is 13.6. The van der Waals surface area contributed by atoms with Gasteiger partial charge in [-0.1, -0.05) is 37.3 Å². The lowest BCUT2D eigenvalue weighted by Gasteiger charge is -2.25. The summed E-state index contributed by atoms with van der Waals surface area (Å²) in [6, 6.07) is 1.97. The van der Waals surface area contributed by atoms with E-state index in [9.17, 15) is 0 Å². The average Bonchev–Trinajstić information content (AvgIpc) is 2.97. The second-order valence-electron chi connectivity index (χ2n) is 5.25. The second kappa shape index (κ2) is 5.52. The zero-order chi connectivity index (χ0) is 13.3. The number of nitrogens with zero attached hydrogens (tertiary/aromatic N) is 1. The fraction of sp³-hybridized carbons (Fsp3) is 0.500. The lowest BCUT2D eigenvalue weighted by atomic mass is 9.92. The van der Waals surface area contributed by atoms with Crippen molar-refractivity contribution in [1.82, 2.24) is 4.98 Å². The summed E-state index contributed by atoms with van der Waals surface area (Å²) in [5.41, 5.74) is 8.51. The monoisotopic (exact) mass is 312 g/mol. The lowest BCUT2D eigenvalue weighted by Crippen LogP contribution is -2.35. The van der Waals surface area contributed by atoms with E-state index in [2.05, 4.69) is 10.8 Å². The highest BCUT2D eigenvalue weighted by Crippen LogP contribution is 2.37. The van der Waals surface area contributed by atoms with E-state index in [0.717, 1.165) is 33.4 Å². The fourth-order valence-corrected chi connectivity index (χ4v) is 4.53. The van der Waals surface area contributed by atoms with Gasteiger partial charge in [-0.2, -0.15) is 0 Å². The molecule has 1 aliphatic carbocycles. The molecule has 0 saturated heterocycles. The van der Waals surface area contributed by atoms with Crippen molar-refractivity contribution in [3.63, 3.8) is 0 Å². The maximum absolute atomic E-state index is 6.60. The first-order chi connectivity index (χ1) is 9.17. The Morgan fingerprint density at radius 2 is 1.84 bits per heavy atom. The number of halogens is 1. The molecule has 0 aliphatic heterocycles. The number of thiazole rings is 1. The van der Waals surface area contributed by atoms with Gasteiger partial charge in [0.1, 0.15) is 5.01 Å². The minimum atomic E-state index is -0.209. The summed E-state index contributed by atoms with van der Waals surface area (Å²) in [4.78, 5) is 4.77. The van der Waals surface area contributed by atoms with Crippen LogP contribution in [0.2, 0.25) is 4.34 Å². The molecular weight excluding hydrogens is 296 g/mol. The van der Waals surface area contributed by atoms with Crippen molar-refractivity contribution in [3.05, 3.63) is 26.2 Å². The summed E-state index contributed by atoms with van der Waals surface area (Å²) >= 11 is 9.22. The van der Waals surface area contributed by atoms with Crippen LogP contribution in [-0.2, 0) is 5.54 Å². The largest absolute Gasteiger partial charge is 0.319 e. The van der Waals surface area contributed by atoms with Crippen LogP contribution in [0.15, 0.2) is 16.8 Å². The zero-order valence-corrected chi connectivity index (χ0v) is 13.1. The van der Waals surface area contributed by atoms with Gasteiger partial charge in [0.15, 0.2) is 0 Å². The minimum absolute atomic E-state index is 0.209. The summed E-state index contributed by atoms with van der Waals surface area (Å²) in [7, 11) is 0. The third-order valence-corrected chi connectivity index (χ3v) is 5.94. The van der Waals surface area contributed by atoms with Crippen LogP contribution in [0.5, 0.6) is 0 Å². The Labute approximate surface area is 126 Å². The van der Waals surface area contributed by atoms with Crippen molar-refractivity contribution in [2.45, 2.75) is 44.1 Å². The van der Waals surface area contributed by atoms with Gasteiger partial charge in [-0.3, -0.25) is 0 Å². The highest BCUT2D eigenvalue weighted by Gasteiger charge is 2.31. The maximum Gasteiger partial charge on any atom is 0.113 e. The predicted octanol–water partition coefficient (Wildman–Crippen LogP) is 5.03. The molecule has 102 valence electrons. The summed E-state index contributed by atoms with van der Waals surface area (Å²) in [5, 5.41) is 5.25. The number of hydrogen-bond acceptors (Lipinski definition) is 4. The highest BCUT2D eigenvalue weighted by atomic mass is 35.5. The molecule has 1 aliphatic rings. The summed E-state index contributed by atoms with van der Waals surface area (Å²) < 4.78 is 0.807. The molecule has 0 unspecified atom stereocenters. The smallest absolute Gasteiger partial charge is 0.113 e. The molecule has 0 bridgehead atoms. The first-order valence-electron chi connectivity index (χ1n) is 6.67. The van der Waals surface area contributed by atoms with Crippen LogP contribution in [0.1, 0.15) is 43.5 Å². The van der Waals surface area contributed by atoms with Gasteiger partial charge in [-0.15, -0.1) is 22.7 Å². The predicted molar refractivity (Wildman–Crippen MR) is 84.0 cm³/mol. The number of aromatic nitrogens is 1. The van der Waals surface area contributed by atoms with Gasteiger partial charge in [0.2, 0.25) is 0 Å².